The molecule has 3 atom stereocenters. The zero-order chi connectivity index (χ0) is 23.9. The molecular formula is C24H44O7. The summed E-state index contributed by atoms with van der Waals surface area (Å²) >= 11 is 0. The van der Waals surface area contributed by atoms with Gasteiger partial charge >= 0.3 is 17.9 Å². The molecule has 3 N–H and O–H groups in total. The van der Waals surface area contributed by atoms with Crippen molar-refractivity contribution in [1.29, 1.82) is 0 Å². The molecule has 0 saturated heterocycles. The van der Waals surface area contributed by atoms with E-state index in [0.717, 1.165) is 38.5 Å². The first kappa shape index (κ1) is 29.4. The molecule has 0 rings (SSSR count). The molecule has 0 heterocycles. The Kier molecular flexibility index (Phi) is 14.4. The van der Waals surface area contributed by atoms with Gasteiger partial charge in [0.05, 0.1) is 5.92 Å². The van der Waals surface area contributed by atoms with Crippen LogP contribution in [0, 0.1) is 11.3 Å². The molecule has 7 heteroatoms. The topological polar surface area (TPSA) is 121 Å². The van der Waals surface area contributed by atoms with E-state index in [4.69, 9.17) is 4.74 Å². The lowest BCUT2D eigenvalue weighted by molar-refractivity contribution is -0.221. The van der Waals surface area contributed by atoms with E-state index in [1.807, 2.05) is 6.92 Å². The van der Waals surface area contributed by atoms with Crippen molar-refractivity contribution in [2.45, 2.75) is 117 Å². The molecule has 0 spiro atoms. The lowest BCUT2D eigenvalue weighted by atomic mass is 9.59. The van der Waals surface area contributed by atoms with Crippen LogP contribution in [0.5, 0.6) is 0 Å². The SMILES string of the molecule is CCCCCCCC(CCCCC)(C(=O)O)C(OCCC)(C(=O)O)C(CCC)C(=O)O. The summed E-state index contributed by atoms with van der Waals surface area (Å²) in [6.45, 7) is 7.64. The normalized spacial score (nSPS) is 16.3. The Morgan fingerprint density at radius 3 is 1.65 bits per heavy atom. The Morgan fingerprint density at radius 2 is 1.23 bits per heavy atom. The van der Waals surface area contributed by atoms with Gasteiger partial charge in [0, 0.05) is 6.61 Å². The van der Waals surface area contributed by atoms with Gasteiger partial charge in [0.1, 0.15) is 5.41 Å². The largest absolute Gasteiger partial charge is 0.481 e. The average Bonchev–Trinajstić information content (AvgIpc) is 2.71. The van der Waals surface area contributed by atoms with Crippen LogP contribution in [0.4, 0.5) is 0 Å². The van der Waals surface area contributed by atoms with Crippen LogP contribution >= 0.6 is 0 Å². The van der Waals surface area contributed by atoms with Crippen LogP contribution in [-0.4, -0.2) is 45.4 Å². The second kappa shape index (κ2) is 15.2. The summed E-state index contributed by atoms with van der Waals surface area (Å²) in [5, 5.41) is 30.9. The van der Waals surface area contributed by atoms with Gasteiger partial charge in [-0.1, -0.05) is 85.5 Å². The van der Waals surface area contributed by atoms with Gasteiger partial charge in [0.2, 0.25) is 0 Å². The van der Waals surface area contributed by atoms with Crippen molar-refractivity contribution in [3.8, 4) is 0 Å². The number of aliphatic carboxylic acids is 3. The Morgan fingerprint density at radius 1 is 0.710 bits per heavy atom. The van der Waals surface area contributed by atoms with Crippen molar-refractivity contribution in [2.75, 3.05) is 6.61 Å². The van der Waals surface area contributed by atoms with E-state index < -0.39 is 34.8 Å². The van der Waals surface area contributed by atoms with E-state index in [2.05, 4.69) is 6.92 Å². The van der Waals surface area contributed by atoms with Gasteiger partial charge in [-0.05, 0) is 25.7 Å². The summed E-state index contributed by atoms with van der Waals surface area (Å²) in [6.07, 6.45) is 7.55. The van der Waals surface area contributed by atoms with Crippen molar-refractivity contribution in [1.82, 2.24) is 0 Å². The van der Waals surface area contributed by atoms with E-state index in [0.29, 0.717) is 25.7 Å². The van der Waals surface area contributed by atoms with Crippen molar-refractivity contribution < 1.29 is 34.4 Å². The zero-order valence-electron chi connectivity index (χ0n) is 20.0. The minimum absolute atomic E-state index is 0.00155. The highest BCUT2D eigenvalue weighted by atomic mass is 16.5. The molecule has 0 fully saturated rings. The lowest BCUT2D eigenvalue weighted by Gasteiger charge is -2.48. The molecule has 0 aromatic carbocycles. The first-order valence-corrected chi connectivity index (χ1v) is 12.0. The highest BCUT2D eigenvalue weighted by Gasteiger charge is 2.67. The zero-order valence-corrected chi connectivity index (χ0v) is 20.0. The van der Waals surface area contributed by atoms with Gasteiger partial charge in [0.15, 0.2) is 5.60 Å². The van der Waals surface area contributed by atoms with Crippen LogP contribution in [0.3, 0.4) is 0 Å². The second-order valence-corrected chi connectivity index (χ2v) is 8.58. The molecule has 31 heavy (non-hydrogen) atoms. The van der Waals surface area contributed by atoms with E-state index in [9.17, 15) is 29.7 Å². The van der Waals surface area contributed by atoms with Gasteiger partial charge < -0.3 is 20.1 Å². The minimum atomic E-state index is -2.31. The van der Waals surface area contributed by atoms with Crippen LogP contribution in [0.25, 0.3) is 0 Å². The molecule has 7 nitrogen and oxygen atoms in total. The summed E-state index contributed by atoms with van der Waals surface area (Å²) in [5.74, 6) is -5.49. The molecule has 182 valence electrons. The quantitative estimate of drug-likeness (QED) is 0.204. The maximum Gasteiger partial charge on any atom is 0.338 e. The van der Waals surface area contributed by atoms with Crippen LogP contribution in [-0.2, 0) is 19.1 Å². The monoisotopic (exact) mass is 444 g/mol. The molecule has 0 amide bonds. The smallest absolute Gasteiger partial charge is 0.338 e. The van der Waals surface area contributed by atoms with Crippen molar-refractivity contribution in [2.24, 2.45) is 11.3 Å². The fourth-order valence-corrected chi connectivity index (χ4v) is 4.62. The third-order valence-electron chi connectivity index (χ3n) is 6.25. The van der Waals surface area contributed by atoms with Gasteiger partial charge in [-0.25, -0.2) is 4.79 Å². The fraction of sp³-hybridized carbons (Fsp3) is 0.875. The highest BCUT2D eigenvalue weighted by Crippen LogP contribution is 2.50. The van der Waals surface area contributed by atoms with E-state index in [1.54, 1.807) is 13.8 Å². The number of unbranched alkanes of at least 4 members (excludes halogenated alkanes) is 6. The molecule has 0 aromatic rings. The summed E-state index contributed by atoms with van der Waals surface area (Å²) in [7, 11) is 0. The number of carboxylic acids is 3. The predicted octanol–water partition coefficient (Wildman–Crippen LogP) is 5.75. The number of hydrogen-bond donors (Lipinski definition) is 3. The number of hydrogen-bond acceptors (Lipinski definition) is 4. The minimum Gasteiger partial charge on any atom is -0.481 e. The predicted molar refractivity (Wildman–Crippen MR) is 120 cm³/mol. The Labute approximate surface area is 187 Å². The maximum atomic E-state index is 12.8. The summed E-state index contributed by atoms with van der Waals surface area (Å²) in [6, 6.07) is 0. The van der Waals surface area contributed by atoms with E-state index >= 15 is 0 Å². The number of carbonyl (C=O) groups is 3. The van der Waals surface area contributed by atoms with Gasteiger partial charge in [0.25, 0.3) is 0 Å². The fourth-order valence-electron chi connectivity index (χ4n) is 4.62. The standard InChI is InChI=1S/C24H44O7/c1-5-9-11-12-14-17-23(21(27)28,16-13-10-6-2)24(22(29)30,31-18-8-4)19(15-7-3)20(25)26/h19H,5-18H2,1-4H3,(H,25,26)(H,27,28)(H,29,30). The summed E-state index contributed by atoms with van der Waals surface area (Å²) in [5.41, 5.74) is -4.11. The summed E-state index contributed by atoms with van der Waals surface area (Å²) < 4.78 is 5.89. The molecule has 0 aromatic heterocycles. The summed E-state index contributed by atoms with van der Waals surface area (Å²) in [4.78, 5) is 37.9. The third kappa shape index (κ3) is 7.48. The number of ether oxygens (including phenoxy) is 1. The van der Waals surface area contributed by atoms with Gasteiger partial charge in [-0.15, -0.1) is 0 Å². The molecule has 0 aliphatic heterocycles. The molecule has 0 aliphatic rings. The first-order chi connectivity index (χ1) is 14.7. The van der Waals surface area contributed by atoms with Crippen molar-refractivity contribution in [3.05, 3.63) is 0 Å². The Balaban J connectivity index is 6.62. The second-order valence-electron chi connectivity index (χ2n) is 8.58. The van der Waals surface area contributed by atoms with Gasteiger partial charge in [-0.3, -0.25) is 9.59 Å². The molecule has 0 saturated carbocycles. The molecule has 0 radical (unpaired) electrons. The van der Waals surface area contributed by atoms with E-state index in [-0.39, 0.29) is 25.9 Å². The van der Waals surface area contributed by atoms with Crippen molar-refractivity contribution >= 4 is 17.9 Å². The number of rotatable bonds is 20. The number of carboxylic acid groups (broad SMARTS) is 3. The van der Waals surface area contributed by atoms with Crippen LogP contribution in [0.15, 0.2) is 0 Å². The highest BCUT2D eigenvalue weighted by molar-refractivity contribution is 5.93. The molecular weight excluding hydrogens is 400 g/mol. The van der Waals surface area contributed by atoms with Crippen molar-refractivity contribution in [3.63, 3.8) is 0 Å². The maximum absolute atomic E-state index is 12.8. The van der Waals surface area contributed by atoms with Gasteiger partial charge in [-0.2, -0.15) is 0 Å². The molecule has 3 unspecified atom stereocenters. The van der Waals surface area contributed by atoms with E-state index in [1.165, 1.54) is 0 Å². The van der Waals surface area contributed by atoms with Crippen LogP contribution < -0.4 is 0 Å². The molecule has 0 bridgehead atoms. The van der Waals surface area contributed by atoms with Crippen LogP contribution in [0.1, 0.15) is 111 Å². The average molecular weight is 445 g/mol. The Bertz CT molecular complexity index is 548. The first-order valence-electron chi connectivity index (χ1n) is 12.0. The Hall–Kier alpha value is -1.63. The lowest BCUT2D eigenvalue weighted by Crippen LogP contribution is -2.65. The third-order valence-corrected chi connectivity index (χ3v) is 6.25. The molecule has 0 aliphatic carbocycles. The van der Waals surface area contributed by atoms with Crippen LogP contribution in [0.2, 0.25) is 0 Å².